The number of hydrogen-bond donors (Lipinski definition) is 2. The smallest absolute Gasteiger partial charge is 0.335 e. The summed E-state index contributed by atoms with van der Waals surface area (Å²) in [5.74, 6) is 0. The monoisotopic (exact) mass is 103 g/mol. The summed E-state index contributed by atoms with van der Waals surface area (Å²) >= 11 is 0. The molecule has 0 aromatic rings. The van der Waals surface area contributed by atoms with Crippen LogP contribution in [0.25, 0.3) is 0 Å². The van der Waals surface area contributed by atoms with Crippen LogP contribution in [0.15, 0.2) is 5.29 Å². The van der Waals surface area contributed by atoms with Gasteiger partial charge in [-0.05, 0) is 0 Å². The molecule has 0 saturated heterocycles. The molecule has 0 aromatic heterocycles. The Bertz CT molecular complexity index is 70.1. The van der Waals surface area contributed by atoms with E-state index in [2.05, 4.69) is 5.73 Å². The summed E-state index contributed by atoms with van der Waals surface area (Å²) in [6.07, 6.45) is 0. The summed E-state index contributed by atoms with van der Waals surface area (Å²) < 4.78 is 0. The molecule has 0 aliphatic heterocycles. The lowest BCUT2D eigenvalue weighted by Gasteiger charge is -1.77. The number of carbonyl (C=O) groups is 1. The number of nitroso groups, excluding NO2 is 1. The van der Waals surface area contributed by atoms with Crippen LogP contribution < -0.4 is 17.3 Å². The number of nitrogens with zero attached hydrogens (tertiary/aromatic N) is 2. The molecule has 0 saturated carbocycles. The van der Waals surface area contributed by atoms with E-state index in [9.17, 15) is 4.79 Å². The Morgan fingerprint density at radius 3 is 2.14 bits per heavy atom. The zero-order chi connectivity index (χ0) is 4.99. The summed E-state index contributed by atoms with van der Waals surface area (Å²) in [5, 5.41) is 1.96. The Balaban J connectivity index is 0. The van der Waals surface area contributed by atoms with Gasteiger partial charge in [0.1, 0.15) is 0 Å². The summed E-state index contributed by atoms with van der Waals surface area (Å²) in [7, 11) is 0. The Labute approximate surface area is 39.6 Å². The molecule has 0 unspecified atom stereocenters. The second-order valence-corrected chi connectivity index (χ2v) is 0.567. The SMILES string of the molecule is NC(=O)NN=O.[N]. The maximum absolute atomic E-state index is 9.42. The molecule has 3 N–H and O–H groups in total. The largest absolute Gasteiger partial charge is 0.350 e. The van der Waals surface area contributed by atoms with Gasteiger partial charge in [0.05, 0.1) is 5.29 Å². The molecule has 0 fully saturated rings. The number of urea groups is 1. The van der Waals surface area contributed by atoms with Gasteiger partial charge in [0, 0.05) is 6.15 Å². The number of amides is 2. The van der Waals surface area contributed by atoms with Crippen LogP contribution in [-0.2, 0) is 0 Å². The molecule has 6 nitrogen and oxygen atoms in total. The fraction of sp³-hybridized carbons (Fsp3) is 0. The van der Waals surface area contributed by atoms with Crippen molar-refractivity contribution in [3.05, 3.63) is 4.91 Å². The molecule has 0 aromatic carbocycles. The summed E-state index contributed by atoms with van der Waals surface area (Å²) in [5.41, 5.74) is 5.78. The molecule has 39 valence electrons. The molecule has 0 spiro atoms. The molecule has 0 bridgehead atoms. The quantitative estimate of drug-likeness (QED) is 0.322. The topological polar surface area (TPSA) is 115 Å². The summed E-state index contributed by atoms with van der Waals surface area (Å²) in [6, 6.07) is -0.940. The van der Waals surface area contributed by atoms with Gasteiger partial charge in [-0.2, -0.15) is 5.43 Å². The molecule has 3 radical (unpaired) electrons. The van der Waals surface area contributed by atoms with E-state index in [0.29, 0.717) is 0 Å². The van der Waals surface area contributed by atoms with E-state index in [1.54, 1.807) is 0 Å². The average molecular weight is 103 g/mol. The first-order valence-electron chi connectivity index (χ1n) is 1.15. The van der Waals surface area contributed by atoms with Crippen LogP contribution in [0.3, 0.4) is 0 Å². The van der Waals surface area contributed by atoms with E-state index in [4.69, 9.17) is 4.91 Å². The standard InChI is InChI=1S/CH3N3O2.N/c2-1(5)3-4-6;/h(H3,2,3,5,6);. The first kappa shape index (κ1) is 9.27. The van der Waals surface area contributed by atoms with Crippen molar-refractivity contribution >= 4 is 6.03 Å². The predicted octanol–water partition coefficient (Wildman–Crippen LogP) is -1.14. The predicted molar refractivity (Wildman–Crippen MR) is 20.6 cm³/mol. The van der Waals surface area contributed by atoms with Crippen molar-refractivity contribution < 1.29 is 4.79 Å². The van der Waals surface area contributed by atoms with Gasteiger partial charge >= 0.3 is 6.03 Å². The molecular weight excluding hydrogens is 100 g/mol. The molecule has 0 rings (SSSR count). The minimum atomic E-state index is -0.940. The van der Waals surface area contributed by atoms with Crippen LogP contribution in [0.5, 0.6) is 0 Å². The van der Waals surface area contributed by atoms with E-state index in [0.717, 1.165) is 0 Å². The first-order chi connectivity index (χ1) is 2.77. The number of primary amides is 1. The van der Waals surface area contributed by atoms with Crippen molar-refractivity contribution in [3.8, 4) is 0 Å². The maximum atomic E-state index is 9.42. The minimum absolute atomic E-state index is 0. The molecule has 0 heterocycles. The Morgan fingerprint density at radius 2 is 2.14 bits per heavy atom. The lowest BCUT2D eigenvalue weighted by atomic mass is 11.2. The van der Waals surface area contributed by atoms with Crippen LogP contribution in [0.1, 0.15) is 0 Å². The fourth-order valence-corrected chi connectivity index (χ4v) is 0.0450. The van der Waals surface area contributed by atoms with Crippen LogP contribution in [0.4, 0.5) is 4.79 Å². The lowest BCUT2D eigenvalue weighted by molar-refractivity contribution is 0.249. The van der Waals surface area contributed by atoms with Crippen molar-refractivity contribution in [1.82, 2.24) is 11.6 Å². The molecule has 0 aliphatic carbocycles. The van der Waals surface area contributed by atoms with Gasteiger partial charge < -0.3 is 5.73 Å². The average Bonchev–Trinajstić information content (AvgIpc) is 1.35. The van der Waals surface area contributed by atoms with Crippen molar-refractivity contribution in [2.75, 3.05) is 0 Å². The molecule has 6 heteroatoms. The third-order valence-corrected chi connectivity index (χ3v) is 0.156. The van der Waals surface area contributed by atoms with E-state index in [1.807, 2.05) is 5.29 Å². The van der Waals surface area contributed by atoms with E-state index >= 15 is 0 Å². The van der Waals surface area contributed by atoms with Crippen LogP contribution in [0, 0.1) is 4.91 Å². The van der Waals surface area contributed by atoms with Crippen molar-refractivity contribution in [1.29, 1.82) is 0 Å². The first-order valence-corrected chi connectivity index (χ1v) is 1.15. The van der Waals surface area contributed by atoms with Crippen LogP contribution >= 0.6 is 0 Å². The van der Waals surface area contributed by atoms with Gasteiger partial charge in [0.25, 0.3) is 0 Å². The van der Waals surface area contributed by atoms with Crippen molar-refractivity contribution in [3.63, 3.8) is 0 Å². The lowest BCUT2D eigenvalue weighted by Crippen LogP contribution is -2.23. The van der Waals surface area contributed by atoms with Gasteiger partial charge in [-0.15, -0.1) is 4.91 Å². The molecule has 7 heavy (non-hydrogen) atoms. The maximum Gasteiger partial charge on any atom is 0.335 e. The number of nitrogens with one attached hydrogen (secondary N) is 1. The Morgan fingerprint density at radius 1 is 1.71 bits per heavy atom. The number of nitrogens with two attached hydrogens (primary N) is 1. The minimum Gasteiger partial charge on any atom is -0.350 e. The van der Waals surface area contributed by atoms with Gasteiger partial charge in [-0.1, -0.05) is 0 Å². The highest BCUT2D eigenvalue weighted by Gasteiger charge is 1.80. The van der Waals surface area contributed by atoms with E-state index in [1.165, 1.54) is 5.43 Å². The highest BCUT2D eigenvalue weighted by Crippen LogP contribution is 1.49. The zero-order valence-corrected chi connectivity index (χ0v) is 3.29. The Kier molecular flexibility index (Phi) is 6.40. The second kappa shape index (κ2) is 4.83. The normalized spacial score (nSPS) is 5.71. The highest BCUT2D eigenvalue weighted by atomic mass is 16.3. The summed E-state index contributed by atoms with van der Waals surface area (Å²) in [4.78, 5) is 18.4. The van der Waals surface area contributed by atoms with E-state index in [-0.39, 0.29) is 6.15 Å². The van der Waals surface area contributed by atoms with Crippen LogP contribution in [0.2, 0.25) is 0 Å². The third kappa shape index (κ3) is 11.6. The number of rotatable bonds is 1. The van der Waals surface area contributed by atoms with Gasteiger partial charge in [-0.25, -0.2) is 4.79 Å². The third-order valence-electron chi connectivity index (χ3n) is 0.156. The van der Waals surface area contributed by atoms with Gasteiger partial charge in [-0.3, -0.25) is 0 Å². The van der Waals surface area contributed by atoms with Crippen LogP contribution in [-0.4, -0.2) is 6.03 Å². The molecule has 0 aliphatic rings. The summed E-state index contributed by atoms with van der Waals surface area (Å²) in [6.45, 7) is 0. The molecular formula is CH3N4O2. The second-order valence-electron chi connectivity index (χ2n) is 0.567. The molecule has 0 atom stereocenters. The van der Waals surface area contributed by atoms with Crippen molar-refractivity contribution in [2.24, 2.45) is 11.0 Å². The zero-order valence-electron chi connectivity index (χ0n) is 3.29. The van der Waals surface area contributed by atoms with Gasteiger partial charge in [0.2, 0.25) is 0 Å². The molecule has 2 amide bonds. The van der Waals surface area contributed by atoms with Crippen molar-refractivity contribution in [2.45, 2.75) is 0 Å². The van der Waals surface area contributed by atoms with E-state index < -0.39 is 6.03 Å². The highest BCUT2D eigenvalue weighted by molar-refractivity contribution is 5.70. The Hall–Kier alpha value is -1.17. The van der Waals surface area contributed by atoms with Gasteiger partial charge in [0.15, 0.2) is 0 Å². The number of hydrogen-bond acceptors (Lipinski definition) is 3. The number of carbonyl (C=O) groups excluding carboxylic acids is 1. The fourth-order valence-electron chi connectivity index (χ4n) is 0.0450.